The SMILES string of the molecule is CN(C(=O)NCC1CCCCC1)C1CCN(Cc2ccc(Oc3ccc(NS(C)(=O)=O)cc3)cc2)CC1. The minimum Gasteiger partial charge on any atom is -0.457 e. The molecule has 1 aliphatic carbocycles. The first-order valence-corrected chi connectivity index (χ1v) is 15.2. The van der Waals surface area contributed by atoms with Crippen molar-refractivity contribution in [2.75, 3.05) is 37.7 Å². The van der Waals surface area contributed by atoms with Gasteiger partial charge in [-0.2, -0.15) is 0 Å². The van der Waals surface area contributed by atoms with Crippen LogP contribution in [0.3, 0.4) is 0 Å². The fourth-order valence-electron chi connectivity index (χ4n) is 5.24. The van der Waals surface area contributed by atoms with Crippen LogP contribution < -0.4 is 14.8 Å². The molecule has 0 spiro atoms. The number of urea groups is 1. The number of hydrogen-bond acceptors (Lipinski definition) is 5. The predicted octanol–water partition coefficient (Wildman–Crippen LogP) is 5.04. The molecule has 2 aliphatic rings. The number of carbonyl (C=O) groups excluding carboxylic acids is 1. The molecule has 0 bridgehead atoms. The van der Waals surface area contributed by atoms with E-state index in [1.165, 1.54) is 37.7 Å². The number of ether oxygens (including phenoxy) is 1. The molecule has 2 aromatic carbocycles. The largest absolute Gasteiger partial charge is 0.457 e. The van der Waals surface area contributed by atoms with E-state index in [1.54, 1.807) is 24.3 Å². The maximum absolute atomic E-state index is 12.7. The topological polar surface area (TPSA) is 91.0 Å². The normalized spacial score (nSPS) is 17.8. The predicted molar refractivity (Wildman–Crippen MR) is 147 cm³/mol. The average Bonchev–Trinajstić information content (AvgIpc) is 2.89. The summed E-state index contributed by atoms with van der Waals surface area (Å²) >= 11 is 0. The van der Waals surface area contributed by atoms with Gasteiger partial charge in [-0.3, -0.25) is 9.62 Å². The second kappa shape index (κ2) is 12.6. The summed E-state index contributed by atoms with van der Waals surface area (Å²) in [7, 11) is -1.36. The van der Waals surface area contributed by atoms with Gasteiger partial charge in [0, 0.05) is 45.0 Å². The molecule has 8 nitrogen and oxygen atoms in total. The number of rotatable bonds is 9. The maximum Gasteiger partial charge on any atom is 0.317 e. The van der Waals surface area contributed by atoms with Gasteiger partial charge < -0.3 is 15.0 Å². The second-order valence-corrected chi connectivity index (χ2v) is 12.2. The number of benzene rings is 2. The Morgan fingerprint density at radius 1 is 0.946 bits per heavy atom. The Hall–Kier alpha value is -2.78. The monoisotopic (exact) mass is 528 g/mol. The fraction of sp³-hybridized carbons (Fsp3) is 0.536. The van der Waals surface area contributed by atoms with Crippen molar-refractivity contribution in [1.82, 2.24) is 15.1 Å². The van der Waals surface area contributed by atoms with Crippen LogP contribution in [0.2, 0.25) is 0 Å². The molecule has 2 aromatic rings. The molecule has 1 aliphatic heterocycles. The van der Waals surface area contributed by atoms with Crippen molar-refractivity contribution in [2.45, 2.75) is 57.5 Å². The molecule has 1 heterocycles. The molecule has 0 aromatic heterocycles. The minimum atomic E-state index is -3.30. The molecule has 1 saturated heterocycles. The maximum atomic E-state index is 12.7. The van der Waals surface area contributed by atoms with Gasteiger partial charge in [0.2, 0.25) is 10.0 Å². The van der Waals surface area contributed by atoms with E-state index in [-0.39, 0.29) is 12.1 Å². The Labute approximate surface area is 221 Å². The Morgan fingerprint density at radius 2 is 1.54 bits per heavy atom. The van der Waals surface area contributed by atoms with Crippen LogP contribution in [-0.4, -0.2) is 63.2 Å². The van der Waals surface area contributed by atoms with Crippen molar-refractivity contribution in [1.29, 1.82) is 0 Å². The lowest BCUT2D eigenvalue weighted by Crippen LogP contribution is -2.49. The van der Waals surface area contributed by atoms with Crippen LogP contribution in [0.25, 0.3) is 0 Å². The number of likely N-dealkylation sites (tertiary alicyclic amines) is 1. The van der Waals surface area contributed by atoms with Crippen LogP contribution in [0.4, 0.5) is 10.5 Å². The van der Waals surface area contributed by atoms with Crippen LogP contribution in [0.5, 0.6) is 11.5 Å². The van der Waals surface area contributed by atoms with Crippen LogP contribution >= 0.6 is 0 Å². The van der Waals surface area contributed by atoms with Crippen LogP contribution in [0.1, 0.15) is 50.5 Å². The summed E-state index contributed by atoms with van der Waals surface area (Å²) in [5.41, 5.74) is 1.72. The Kier molecular flexibility index (Phi) is 9.32. The molecule has 0 atom stereocenters. The lowest BCUT2D eigenvalue weighted by molar-refractivity contribution is 0.130. The van der Waals surface area contributed by atoms with Crippen molar-refractivity contribution >= 4 is 21.7 Å². The van der Waals surface area contributed by atoms with E-state index >= 15 is 0 Å². The van der Waals surface area contributed by atoms with Crippen molar-refractivity contribution < 1.29 is 17.9 Å². The van der Waals surface area contributed by atoms with E-state index in [2.05, 4.69) is 27.1 Å². The third-order valence-corrected chi connectivity index (χ3v) is 8.02. The van der Waals surface area contributed by atoms with E-state index in [9.17, 15) is 13.2 Å². The number of amides is 2. The van der Waals surface area contributed by atoms with E-state index in [0.717, 1.165) is 51.0 Å². The summed E-state index contributed by atoms with van der Waals surface area (Å²) in [6.07, 6.45) is 9.51. The standard InChI is InChI=1S/C28H40N4O4S/c1-31(28(33)29-20-22-6-4-3-5-7-22)25-16-18-32(19-17-25)21-23-8-12-26(13-9-23)36-27-14-10-24(11-15-27)30-37(2,34)35/h8-15,22,25,30H,3-7,16-21H2,1-2H3,(H,29,33). The summed E-state index contributed by atoms with van der Waals surface area (Å²) < 4.78 is 31.0. The summed E-state index contributed by atoms with van der Waals surface area (Å²) in [5, 5.41) is 3.17. The zero-order valence-corrected chi connectivity index (χ0v) is 22.8. The summed E-state index contributed by atoms with van der Waals surface area (Å²) in [6, 6.07) is 15.2. The zero-order chi connectivity index (χ0) is 26.3. The molecule has 0 unspecified atom stereocenters. The van der Waals surface area contributed by atoms with Crippen molar-refractivity contribution in [3.63, 3.8) is 0 Å². The van der Waals surface area contributed by atoms with E-state index in [4.69, 9.17) is 4.74 Å². The summed E-state index contributed by atoms with van der Waals surface area (Å²) in [4.78, 5) is 17.0. The number of piperidine rings is 1. The Morgan fingerprint density at radius 3 is 2.14 bits per heavy atom. The summed E-state index contributed by atoms with van der Waals surface area (Å²) in [6.45, 7) is 3.62. The first-order valence-electron chi connectivity index (χ1n) is 13.3. The first-order chi connectivity index (χ1) is 17.7. The van der Waals surface area contributed by atoms with E-state index < -0.39 is 10.0 Å². The molecule has 2 amide bonds. The highest BCUT2D eigenvalue weighted by Gasteiger charge is 2.26. The Bertz CT molecular complexity index is 1110. The van der Waals surface area contributed by atoms with Gasteiger partial charge >= 0.3 is 6.03 Å². The van der Waals surface area contributed by atoms with Crippen LogP contribution in [0.15, 0.2) is 48.5 Å². The van der Waals surface area contributed by atoms with Crippen molar-refractivity contribution in [2.24, 2.45) is 5.92 Å². The van der Waals surface area contributed by atoms with Crippen molar-refractivity contribution in [3.05, 3.63) is 54.1 Å². The van der Waals surface area contributed by atoms with Crippen molar-refractivity contribution in [3.8, 4) is 11.5 Å². The number of carbonyl (C=O) groups is 1. The highest BCUT2D eigenvalue weighted by molar-refractivity contribution is 7.92. The number of nitrogens with one attached hydrogen (secondary N) is 2. The van der Waals surface area contributed by atoms with Gasteiger partial charge in [-0.1, -0.05) is 31.4 Å². The third kappa shape index (κ3) is 8.64. The van der Waals surface area contributed by atoms with Gasteiger partial charge in [-0.25, -0.2) is 13.2 Å². The molecule has 1 saturated carbocycles. The average molecular weight is 529 g/mol. The third-order valence-electron chi connectivity index (χ3n) is 7.41. The molecule has 2 N–H and O–H groups in total. The molecule has 4 rings (SSSR count). The van der Waals surface area contributed by atoms with Gasteiger partial charge in [0.05, 0.1) is 6.26 Å². The van der Waals surface area contributed by atoms with Crippen LogP contribution in [0, 0.1) is 5.92 Å². The lowest BCUT2D eigenvalue weighted by atomic mass is 9.89. The number of anilines is 1. The van der Waals surface area contributed by atoms with E-state index in [1.807, 2.05) is 24.1 Å². The minimum absolute atomic E-state index is 0.0703. The first kappa shape index (κ1) is 27.3. The fourth-order valence-corrected chi connectivity index (χ4v) is 5.80. The van der Waals surface area contributed by atoms with E-state index in [0.29, 0.717) is 17.4 Å². The highest BCUT2D eigenvalue weighted by Crippen LogP contribution is 2.25. The molecular weight excluding hydrogens is 488 g/mol. The second-order valence-electron chi connectivity index (χ2n) is 10.5. The lowest BCUT2D eigenvalue weighted by Gasteiger charge is -2.37. The Balaban J connectivity index is 1.19. The van der Waals surface area contributed by atoms with Gasteiger partial charge in [0.15, 0.2) is 0 Å². The summed E-state index contributed by atoms with van der Waals surface area (Å²) in [5.74, 6) is 2.02. The number of hydrogen-bond donors (Lipinski definition) is 2. The number of nitrogens with zero attached hydrogens (tertiary/aromatic N) is 2. The molecule has 9 heteroatoms. The van der Waals surface area contributed by atoms with Gasteiger partial charge in [0.25, 0.3) is 0 Å². The smallest absolute Gasteiger partial charge is 0.317 e. The van der Waals surface area contributed by atoms with Crippen LogP contribution in [-0.2, 0) is 16.6 Å². The van der Waals surface area contributed by atoms with Gasteiger partial charge in [-0.05, 0) is 73.6 Å². The number of sulfonamides is 1. The zero-order valence-electron chi connectivity index (χ0n) is 22.0. The molecule has 202 valence electrons. The highest BCUT2D eigenvalue weighted by atomic mass is 32.2. The molecular formula is C28H40N4O4S. The molecule has 0 radical (unpaired) electrons. The molecule has 37 heavy (non-hydrogen) atoms. The van der Waals surface area contributed by atoms with Gasteiger partial charge in [-0.15, -0.1) is 0 Å². The van der Waals surface area contributed by atoms with Gasteiger partial charge in [0.1, 0.15) is 11.5 Å². The molecule has 2 fully saturated rings. The quantitative estimate of drug-likeness (QED) is 0.476.